The van der Waals surface area contributed by atoms with Gasteiger partial charge in [-0.25, -0.2) is 15.0 Å². The summed E-state index contributed by atoms with van der Waals surface area (Å²) in [6.07, 6.45) is 6.50. The van der Waals surface area contributed by atoms with E-state index in [-0.39, 0.29) is 24.1 Å². The largest absolute Gasteiger partial charge is 0.469 e. The number of ether oxygens (including phenoxy) is 2. The molecule has 1 aliphatic carbocycles. The molecular formula is C24H34N6O5. The molecule has 1 aliphatic heterocycles. The lowest BCUT2D eigenvalue weighted by atomic mass is 9.87. The molecule has 1 saturated carbocycles. The predicted molar refractivity (Wildman–Crippen MR) is 129 cm³/mol. The van der Waals surface area contributed by atoms with Crippen LogP contribution in [0.4, 0.5) is 5.82 Å². The maximum atomic E-state index is 12.1. The molecule has 3 atom stereocenters. The van der Waals surface area contributed by atoms with Gasteiger partial charge in [-0.1, -0.05) is 25.2 Å². The molecule has 35 heavy (non-hydrogen) atoms. The Morgan fingerprint density at radius 2 is 2.03 bits per heavy atom. The number of carbonyl (C=O) groups excluding carboxylic acids is 2. The Morgan fingerprint density at radius 1 is 1.31 bits per heavy atom. The number of nitrogen functional groups attached to an aromatic ring is 1. The first kappa shape index (κ1) is 26.4. The highest BCUT2D eigenvalue weighted by Crippen LogP contribution is 2.32. The zero-order valence-corrected chi connectivity index (χ0v) is 20.5. The first-order chi connectivity index (χ1) is 16.8. The number of likely N-dealkylation sites (N-methyl/N-ethyl adjacent to an activating group) is 1. The highest BCUT2D eigenvalue weighted by molar-refractivity contribution is 5.82. The van der Waals surface area contributed by atoms with E-state index in [2.05, 4.69) is 36.8 Å². The summed E-state index contributed by atoms with van der Waals surface area (Å²) in [5.74, 6) is 6.93. The molecule has 190 valence electrons. The number of hydrogen-bond donors (Lipinski definition) is 3. The van der Waals surface area contributed by atoms with Crippen molar-refractivity contribution >= 4 is 28.9 Å². The number of hydrogen-bond acceptors (Lipinski definition) is 9. The van der Waals surface area contributed by atoms with Crippen LogP contribution in [-0.4, -0.2) is 62.4 Å². The number of anilines is 1. The van der Waals surface area contributed by atoms with Crippen molar-refractivity contribution in [3.05, 3.63) is 12.2 Å². The van der Waals surface area contributed by atoms with Crippen LogP contribution in [0.25, 0.3) is 11.2 Å². The summed E-state index contributed by atoms with van der Waals surface area (Å²) >= 11 is 0. The Morgan fingerprint density at radius 3 is 2.69 bits per heavy atom. The molecule has 0 radical (unpaired) electrons. The van der Waals surface area contributed by atoms with Crippen molar-refractivity contribution in [3.8, 4) is 11.8 Å². The number of aliphatic hydroxyl groups is 1. The molecule has 3 heterocycles. The van der Waals surface area contributed by atoms with Gasteiger partial charge in [0.2, 0.25) is 11.7 Å². The van der Waals surface area contributed by atoms with Gasteiger partial charge in [-0.2, -0.15) is 0 Å². The lowest BCUT2D eigenvalue weighted by molar-refractivity contribution is -0.138. The maximum absolute atomic E-state index is 12.1. The van der Waals surface area contributed by atoms with Gasteiger partial charge in [-0.05, 0) is 31.6 Å². The van der Waals surface area contributed by atoms with Crippen LogP contribution in [0.15, 0.2) is 6.33 Å². The standard InChI is InChI=1S/C21H28N6O3.C3H6O2/c1-2-23-20(29)15-11-14(28)21(30-15)27-12-24-17-18(22)25-16(26-19(17)27)10-6-9-13-7-4-3-5-8-13;1-3(4)5-2/h12-15,21,28H,2-5,7-9,11H2,1H3,(H,23,29)(H2,22,25,26);1-2H3. The SMILES string of the molecule is CCNC(=O)C1CC(O)C(n2cnc3c(N)nc(C#CCC4CCCCC4)nc32)O1.COC(C)=O. The van der Waals surface area contributed by atoms with Crippen LogP contribution < -0.4 is 11.1 Å². The third-order valence-electron chi connectivity index (χ3n) is 6.06. The molecule has 2 aromatic rings. The van der Waals surface area contributed by atoms with Crippen LogP contribution in [0.3, 0.4) is 0 Å². The monoisotopic (exact) mass is 486 g/mol. The molecule has 1 amide bonds. The molecule has 4 N–H and O–H groups in total. The van der Waals surface area contributed by atoms with Gasteiger partial charge in [0.25, 0.3) is 0 Å². The van der Waals surface area contributed by atoms with Gasteiger partial charge in [0.05, 0.1) is 13.4 Å². The zero-order chi connectivity index (χ0) is 25.4. The number of imidazole rings is 1. The van der Waals surface area contributed by atoms with E-state index in [1.165, 1.54) is 52.5 Å². The Hall–Kier alpha value is -3.23. The van der Waals surface area contributed by atoms with E-state index in [0.717, 1.165) is 6.42 Å². The Bertz CT molecular complexity index is 1090. The molecule has 2 aromatic heterocycles. The van der Waals surface area contributed by atoms with Crippen molar-refractivity contribution in [2.45, 2.75) is 77.2 Å². The van der Waals surface area contributed by atoms with Crippen LogP contribution in [-0.2, 0) is 19.1 Å². The minimum Gasteiger partial charge on any atom is -0.469 e. The van der Waals surface area contributed by atoms with E-state index < -0.39 is 18.4 Å². The number of aliphatic hydroxyl groups excluding tert-OH is 1. The first-order valence-electron chi connectivity index (χ1n) is 12.0. The summed E-state index contributed by atoms with van der Waals surface area (Å²) < 4.78 is 11.5. The number of amides is 1. The van der Waals surface area contributed by atoms with Gasteiger partial charge >= 0.3 is 5.97 Å². The minimum atomic E-state index is -0.868. The lowest BCUT2D eigenvalue weighted by Crippen LogP contribution is -2.34. The maximum Gasteiger partial charge on any atom is 0.302 e. The molecule has 0 spiro atoms. The number of methoxy groups -OCH3 is 1. The number of rotatable bonds is 4. The molecule has 1 saturated heterocycles. The summed E-state index contributed by atoms with van der Waals surface area (Å²) in [5.41, 5.74) is 6.93. The van der Waals surface area contributed by atoms with Gasteiger partial charge in [-0.3, -0.25) is 14.2 Å². The highest BCUT2D eigenvalue weighted by atomic mass is 16.5. The van der Waals surface area contributed by atoms with Crippen molar-refractivity contribution in [1.29, 1.82) is 0 Å². The summed E-state index contributed by atoms with van der Waals surface area (Å²) in [6, 6.07) is 0. The van der Waals surface area contributed by atoms with Gasteiger partial charge < -0.3 is 25.6 Å². The number of fused-ring (bicyclic) bond motifs is 1. The fourth-order valence-corrected chi connectivity index (χ4v) is 4.20. The van der Waals surface area contributed by atoms with Crippen molar-refractivity contribution in [3.63, 3.8) is 0 Å². The van der Waals surface area contributed by atoms with Crippen LogP contribution in [0.2, 0.25) is 0 Å². The van der Waals surface area contributed by atoms with Crippen molar-refractivity contribution in [2.75, 3.05) is 19.4 Å². The van der Waals surface area contributed by atoms with Crippen LogP contribution >= 0.6 is 0 Å². The number of nitrogens with two attached hydrogens (primary N) is 1. The second-order valence-corrected chi connectivity index (χ2v) is 8.68. The van der Waals surface area contributed by atoms with Gasteiger partial charge in [0.1, 0.15) is 17.7 Å². The van der Waals surface area contributed by atoms with Crippen molar-refractivity contribution in [2.24, 2.45) is 5.92 Å². The van der Waals surface area contributed by atoms with E-state index in [1.54, 1.807) is 4.57 Å². The molecule has 2 fully saturated rings. The number of nitrogens with one attached hydrogen (secondary N) is 1. The average molecular weight is 487 g/mol. The Labute approximate surface area is 204 Å². The van der Waals surface area contributed by atoms with Gasteiger partial charge in [-0.15, -0.1) is 0 Å². The van der Waals surface area contributed by atoms with Crippen molar-refractivity contribution < 1.29 is 24.2 Å². The molecule has 4 rings (SSSR count). The molecule has 2 aliphatic rings. The smallest absolute Gasteiger partial charge is 0.302 e. The molecule has 11 nitrogen and oxygen atoms in total. The fraction of sp³-hybridized carbons (Fsp3) is 0.625. The molecule has 3 unspecified atom stereocenters. The Balaban J connectivity index is 0.000000623. The first-order valence-corrected chi connectivity index (χ1v) is 12.0. The summed E-state index contributed by atoms with van der Waals surface area (Å²) in [6.45, 7) is 3.70. The molecule has 0 bridgehead atoms. The average Bonchev–Trinajstić information content (AvgIpc) is 3.44. The van der Waals surface area contributed by atoms with E-state index in [0.29, 0.717) is 29.5 Å². The molecular weight excluding hydrogens is 452 g/mol. The highest BCUT2D eigenvalue weighted by Gasteiger charge is 2.39. The minimum absolute atomic E-state index is 0.199. The molecule has 11 heteroatoms. The Kier molecular flexibility index (Phi) is 9.39. The van der Waals surface area contributed by atoms with Crippen molar-refractivity contribution in [1.82, 2.24) is 24.8 Å². The topological polar surface area (TPSA) is 154 Å². The summed E-state index contributed by atoms with van der Waals surface area (Å²) in [5, 5.41) is 13.2. The molecule has 0 aromatic carbocycles. The predicted octanol–water partition coefficient (Wildman–Crippen LogP) is 1.69. The quantitative estimate of drug-likeness (QED) is 0.432. The number of aromatic nitrogens is 4. The second kappa shape index (κ2) is 12.5. The van der Waals surface area contributed by atoms with Crippen LogP contribution in [0.5, 0.6) is 0 Å². The van der Waals surface area contributed by atoms with E-state index in [4.69, 9.17) is 10.5 Å². The van der Waals surface area contributed by atoms with E-state index in [9.17, 15) is 14.7 Å². The summed E-state index contributed by atoms with van der Waals surface area (Å²) in [4.78, 5) is 34.7. The number of carbonyl (C=O) groups is 2. The normalized spacial score (nSPS) is 22.0. The van der Waals surface area contributed by atoms with E-state index in [1.807, 2.05) is 6.92 Å². The summed E-state index contributed by atoms with van der Waals surface area (Å²) in [7, 11) is 1.35. The zero-order valence-electron chi connectivity index (χ0n) is 20.5. The third-order valence-corrected chi connectivity index (χ3v) is 6.06. The van der Waals surface area contributed by atoms with Crippen LogP contribution in [0, 0.1) is 17.8 Å². The van der Waals surface area contributed by atoms with Gasteiger partial charge in [0, 0.05) is 26.3 Å². The second-order valence-electron chi connectivity index (χ2n) is 8.68. The number of nitrogens with zero attached hydrogens (tertiary/aromatic N) is 4. The van der Waals surface area contributed by atoms with Crippen LogP contribution in [0.1, 0.15) is 70.8 Å². The lowest BCUT2D eigenvalue weighted by Gasteiger charge is -2.18. The fourth-order valence-electron chi connectivity index (χ4n) is 4.20. The van der Waals surface area contributed by atoms with Gasteiger partial charge in [0.15, 0.2) is 17.7 Å². The third kappa shape index (κ3) is 6.90. The number of esters is 1. The van der Waals surface area contributed by atoms with E-state index >= 15 is 0 Å².